The van der Waals surface area contributed by atoms with Gasteiger partial charge in [-0.25, -0.2) is 4.39 Å². The molecule has 4 rings (SSSR count). The minimum atomic E-state index is -0.314. The highest BCUT2D eigenvalue weighted by Crippen LogP contribution is 2.23. The number of carbonyl (C=O) groups is 1. The largest absolute Gasteiger partial charge is 0.325 e. The summed E-state index contributed by atoms with van der Waals surface area (Å²) in [4.78, 5) is 14.4. The molecule has 2 aromatic rings. The van der Waals surface area contributed by atoms with Crippen LogP contribution < -0.4 is 10.6 Å². The molecule has 1 atom stereocenters. The maximum atomic E-state index is 12.9. The Hall–Kier alpha value is -2.32. The van der Waals surface area contributed by atoms with Gasteiger partial charge < -0.3 is 15.2 Å². The van der Waals surface area contributed by atoms with Gasteiger partial charge in [-0.15, -0.1) is 10.2 Å². The number of benzene rings is 1. The standard InChI is InChI=1S/C18H23FN6O/c19-13-3-5-14(6-4-13)21-17(26)12-24-9-7-16-22-23-18(25(16)11-10-24)15-2-1-8-20-15/h3-6,15,20H,1-2,7-12H2,(H,21,26)/t15-/m0/s1. The minimum absolute atomic E-state index is 0.0908. The van der Waals surface area contributed by atoms with Crippen LogP contribution in [0.1, 0.15) is 30.5 Å². The zero-order valence-corrected chi connectivity index (χ0v) is 14.6. The number of anilines is 1. The fourth-order valence-electron chi connectivity index (χ4n) is 3.65. The molecular formula is C18H23FN6O. The lowest BCUT2D eigenvalue weighted by molar-refractivity contribution is -0.117. The molecule has 0 bridgehead atoms. The molecule has 2 aliphatic rings. The Balaban J connectivity index is 1.35. The molecule has 8 heteroatoms. The van der Waals surface area contributed by atoms with E-state index in [9.17, 15) is 9.18 Å². The number of rotatable bonds is 4. The highest BCUT2D eigenvalue weighted by Gasteiger charge is 2.26. The molecule has 0 saturated carbocycles. The predicted molar refractivity (Wildman–Crippen MR) is 95.2 cm³/mol. The Morgan fingerprint density at radius 1 is 1.23 bits per heavy atom. The first kappa shape index (κ1) is 17.1. The number of hydrogen-bond donors (Lipinski definition) is 2. The molecule has 7 nitrogen and oxygen atoms in total. The van der Waals surface area contributed by atoms with E-state index in [1.165, 1.54) is 18.6 Å². The van der Waals surface area contributed by atoms with Gasteiger partial charge in [0.2, 0.25) is 5.91 Å². The summed E-state index contributed by atoms with van der Waals surface area (Å²) in [6.07, 6.45) is 3.05. The van der Waals surface area contributed by atoms with Crippen LogP contribution in [0.2, 0.25) is 0 Å². The van der Waals surface area contributed by atoms with Crippen LogP contribution >= 0.6 is 0 Å². The van der Waals surface area contributed by atoms with Gasteiger partial charge in [-0.05, 0) is 43.7 Å². The number of nitrogens with zero attached hydrogens (tertiary/aromatic N) is 4. The minimum Gasteiger partial charge on any atom is -0.325 e. The fourth-order valence-corrected chi connectivity index (χ4v) is 3.65. The van der Waals surface area contributed by atoms with Gasteiger partial charge in [0.25, 0.3) is 0 Å². The normalized spacial score (nSPS) is 20.6. The van der Waals surface area contributed by atoms with E-state index in [-0.39, 0.29) is 11.7 Å². The molecule has 1 aromatic carbocycles. The summed E-state index contributed by atoms with van der Waals surface area (Å²) in [6.45, 7) is 3.68. The first-order valence-electron chi connectivity index (χ1n) is 9.12. The molecule has 2 aliphatic heterocycles. The number of amides is 1. The van der Waals surface area contributed by atoms with Gasteiger partial charge in [0, 0.05) is 31.7 Å². The second kappa shape index (κ2) is 7.51. The Labute approximate surface area is 151 Å². The van der Waals surface area contributed by atoms with Crippen molar-refractivity contribution in [1.29, 1.82) is 0 Å². The van der Waals surface area contributed by atoms with Crippen LogP contribution in [-0.2, 0) is 17.8 Å². The third kappa shape index (κ3) is 3.76. The summed E-state index contributed by atoms with van der Waals surface area (Å²) in [5.74, 6) is 1.61. The first-order chi connectivity index (χ1) is 12.7. The summed E-state index contributed by atoms with van der Waals surface area (Å²) in [5, 5.41) is 15.0. The molecule has 0 aliphatic carbocycles. The SMILES string of the molecule is O=C(CN1CCc2nnc([C@@H]3CCCN3)n2CC1)Nc1ccc(F)cc1. The van der Waals surface area contributed by atoms with E-state index in [1.807, 2.05) is 0 Å². The van der Waals surface area contributed by atoms with Gasteiger partial charge in [0.05, 0.1) is 12.6 Å². The lowest BCUT2D eigenvalue weighted by Gasteiger charge is -2.19. The van der Waals surface area contributed by atoms with E-state index >= 15 is 0 Å². The molecule has 26 heavy (non-hydrogen) atoms. The predicted octanol–water partition coefficient (Wildman–Crippen LogP) is 1.34. The Kier molecular flexibility index (Phi) is 4.94. The van der Waals surface area contributed by atoms with Crippen LogP contribution in [0.4, 0.5) is 10.1 Å². The molecule has 1 fully saturated rings. The number of aromatic nitrogens is 3. The molecule has 1 aromatic heterocycles. The second-order valence-electron chi connectivity index (χ2n) is 6.86. The quantitative estimate of drug-likeness (QED) is 0.863. The fraction of sp³-hybridized carbons (Fsp3) is 0.500. The zero-order valence-electron chi connectivity index (χ0n) is 14.6. The Bertz CT molecular complexity index is 768. The monoisotopic (exact) mass is 358 g/mol. The zero-order chi connectivity index (χ0) is 17.9. The summed E-state index contributed by atoms with van der Waals surface area (Å²) >= 11 is 0. The van der Waals surface area contributed by atoms with Crippen molar-refractivity contribution in [3.63, 3.8) is 0 Å². The van der Waals surface area contributed by atoms with Crippen molar-refractivity contribution in [3.05, 3.63) is 41.7 Å². The second-order valence-corrected chi connectivity index (χ2v) is 6.86. The van der Waals surface area contributed by atoms with E-state index in [0.717, 1.165) is 50.7 Å². The van der Waals surface area contributed by atoms with Crippen molar-refractivity contribution in [2.24, 2.45) is 0 Å². The van der Waals surface area contributed by atoms with Crippen molar-refractivity contribution in [3.8, 4) is 0 Å². The summed E-state index contributed by atoms with van der Waals surface area (Å²) in [5.41, 5.74) is 0.609. The molecule has 0 unspecified atom stereocenters. The van der Waals surface area contributed by atoms with Gasteiger partial charge in [0.15, 0.2) is 0 Å². The Morgan fingerprint density at radius 3 is 2.85 bits per heavy atom. The number of fused-ring (bicyclic) bond motifs is 1. The maximum Gasteiger partial charge on any atom is 0.238 e. The summed E-state index contributed by atoms with van der Waals surface area (Å²) in [6, 6.07) is 6.11. The average molecular weight is 358 g/mol. The third-order valence-corrected chi connectivity index (χ3v) is 5.01. The van der Waals surface area contributed by atoms with Crippen LogP contribution in [-0.4, -0.2) is 51.8 Å². The van der Waals surface area contributed by atoms with E-state index in [2.05, 4.69) is 30.3 Å². The highest BCUT2D eigenvalue weighted by atomic mass is 19.1. The van der Waals surface area contributed by atoms with Gasteiger partial charge in [-0.1, -0.05) is 0 Å². The number of hydrogen-bond acceptors (Lipinski definition) is 5. The number of carbonyl (C=O) groups excluding carboxylic acids is 1. The van der Waals surface area contributed by atoms with Gasteiger partial charge in [0.1, 0.15) is 17.5 Å². The van der Waals surface area contributed by atoms with E-state index in [4.69, 9.17) is 0 Å². The van der Waals surface area contributed by atoms with E-state index in [1.54, 1.807) is 12.1 Å². The third-order valence-electron chi connectivity index (χ3n) is 5.01. The van der Waals surface area contributed by atoms with Gasteiger partial charge >= 0.3 is 0 Å². The van der Waals surface area contributed by atoms with Crippen LogP contribution in [0.15, 0.2) is 24.3 Å². The molecule has 1 amide bonds. The highest BCUT2D eigenvalue weighted by molar-refractivity contribution is 5.92. The molecule has 0 spiro atoms. The van der Waals surface area contributed by atoms with Gasteiger partial charge in [-0.3, -0.25) is 9.69 Å². The average Bonchev–Trinajstić information content (AvgIpc) is 3.25. The first-order valence-corrected chi connectivity index (χ1v) is 9.12. The maximum absolute atomic E-state index is 12.9. The molecule has 2 N–H and O–H groups in total. The smallest absolute Gasteiger partial charge is 0.238 e. The summed E-state index contributed by atoms with van der Waals surface area (Å²) < 4.78 is 15.2. The lowest BCUT2D eigenvalue weighted by atomic mass is 10.2. The van der Waals surface area contributed by atoms with Crippen molar-refractivity contribution < 1.29 is 9.18 Å². The lowest BCUT2D eigenvalue weighted by Crippen LogP contribution is -2.35. The number of halogens is 1. The van der Waals surface area contributed by atoms with E-state index in [0.29, 0.717) is 18.3 Å². The molecule has 138 valence electrons. The van der Waals surface area contributed by atoms with Crippen LogP contribution in [0, 0.1) is 5.82 Å². The van der Waals surface area contributed by atoms with Crippen molar-refractivity contribution in [2.45, 2.75) is 31.8 Å². The topological polar surface area (TPSA) is 75.1 Å². The Morgan fingerprint density at radius 2 is 2.08 bits per heavy atom. The van der Waals surface area contributed by atoms with Gasteiger partial charge in [-0.2, -0.15) is 0 Å². The van der Waals surface area contributed by atoms with Crippen LogP contribution in [0.25, 0.3) is 0 Å². The van der Waals surface area contributed by atoms with Crippen LogP contribution in [0.3, 0.4) is 0 Å². The van der Waals surface area contributed by atoms with Crippen molar-refractivity contribution in [1.82, 2.24) is 25.0 Å². The van der Waals surface area contributed by atoms with E-state index < -0.39 is 0 Å². The molecular weight excluding hydrogens is 335 g/mol. The number of nitrogens with one attached hydrogen (secondary N) is 2. The molecule has 0 radical (unpaired) electrons. The summed E-state index contributed by atoms with van der Waals surface area (Å²) in [7, 11) is 0. The van der Waals surface area contributed by atoms with Crippen molar-refractivity contribution in [2.75, 3.05) is 31.5 Å². The molecule has 1 saturated heterocycles. The van der Waals surface area contributed by atoms with Crippen molar-refractivity contribution >= 4 is 11.6 Å². The molecule has 3 heterocycles. The van der Waals surface area contributed by atoms with Crippen LogP contribution in [0.5, 0.6) is 0 Å².